The zero-order chi connectivity index (χ0) is 24.5. The zero-order valence-corrected chi connectivity index (χ0v) is 21.8. The van der Waals surface area contributed by atoms with E-state index in [9.17, 15) is 10.1 Å². The molecule has 0 saturated carbocycles. The van der Waals surface area contributed by atoms with E-state index in [4.69, 9.17) is 14.2 Å². The number of anilines is 1. The van der Waals surface area contributed by atoms with Gasteiger partial charge < -0.3 is 19.5 Å². The maximum atomic E-state index is 12.6. The molecule has 6 nitrogen and oxygen atoms in total. The number of carbonyl (C=O) groups is 1. The van der Waals surface area contributed by atoms with E-state index in [1.165, 1.54) is 13.2 Å². The van der Waals surface area contributed by atoms with Crippen LogP contribution >= 0.6 is 31.9 Å². The number of methoxy groups -OCH3 is 1. The molecule has 0 bridgehead atoms. The molecule has 174 valence electrons. The van der Waals surface area contributed by atoms with Crippen LogP contribution in [0, 0.1) is 11.3 Å². The standard InChI is InChI=1S/C26H22Br2N2O4/c1-3-33-22-10-8-21(9-11-22)30-26(31)19(15-29)12-18-13-23(28)25(24(14-18)32-2)34-16-17-4-6-20(27)7-5-17/h4-14H,3,16H2,1-2H3,(H,30,31)/b19-12-. The number of rotatable bonds is 9. The molecule has 0 aromatic heterocycles. The van der Waals surface area contributed by atoms with E-state index in [0.29, 0.717) is 46.2 Å². The summed E-state index contributed by atoms with van der Waals surface area (Å²) in [6, 6.07) is 20.2. The fourth-order valence-electron chi connectivity index (χ4n) is 3.01. The highest BCUT2D eigenvalue weighted by Gasteiger charge is 2.14. The van der Waals surface area contributed by atoms with Gasteiger partial charge in [0.05, 0.1) is 18.2 Å². The second kappa shape index (κ2) is 12.3. The molecule has 34 heavy (non-hydrogen) atoms. The largest absolute Gasteiger partial charge is 0.494 e. The van der Waals surface area contributed by atoms with Gasteiger partial charge in [-0.2, -0.15) is 5.26 Å². The Labute approximate surface area is 215 Å². The first-order valence-electron chi connectivity index (χ1n) is 10.3. The Balaban J connectivity index is 1.77. The monoisotopic (exact) mass is 584 g/mol. The minimum absolute atomic E-state index is 0.0497. The van der Waals surface area contributed by atoms with E-state index in [2.05, 4.69) is 37.2 Å². The van der Waals surface area contributed by atoms with Crippen LogP contribution in [0.3, 0.4) is 0 Å². The van der Waals surface area contributed by atoms with Gasteiger partial charge in [0, 0.05) is 10.2 Å². The van der Waals surface area contributed by atoms with Gasteiger partial charge in [-0.05, 0) is 88.6 Å². The van der Waals surface area contributed by atoms with Crippen LogP contribution in [0.4, 0.5) is 5.69 Å². The molecule has 3 aromatic carbocycles. The van der Waals surface area contributed by atoms with Crippen LogP contribution in [-0.4, -0.2) is 19.6 Å². The summed E-state index contributed by atoms with van der Waals surface area (Å²) >= 11 is 6.93. The second-order valence-electron chi connectivity index (χ2n) is 7.03. The van der Waals surface area contributed by atoms with Crippen molar-refractivity contribution in [1.29, 1.82) is 5.26 Å². The van der Waals surface area contributed by atoms with Gasteiger partial charge in [-0.15, -0.1) is 0 Å². The number of ether oxygens (including phenoxy) is 3. The Morgan fingerprint density at radius 3 is 2.38 bits per heavy atom. The Kier molecular flexibility index (Phi) is 9.14. The highest BCUT2D eigenvalue weighted by molar-refractivity contribution is 9.10. The summed E-state index contributed by atoms with van der Waals surface area (Å²) < 4.78 is 18.5. The second-order valence-corrected chi connectivity index (χ2v) is 8.80. The molecule has 8 heteroatoms. The predicted octanol–water partition coefficient (Wildman–Crippen LogP) is 6.74. The van der Waals surface area contributed by atoms with Gasteiger partial charge in [0.1, 0.15) is 24.0 Å². The maximum absolute atomic E-state index is 12.6. The molecule has 1 amide bonds. The number of amides is 1. The average Bonchev–Trinajstić information content (AvgIpc) is 2.84. The van der Waals surface area contributed by atoms with Gasteiger partial charge in [-0.25, -0.2) is 0 Å². The van der Waals surface area contributed by atoms with Crippen LogP contribution in [0.2, 0.25) is 0 Å². The molecule has 0 atom stereocenters. The lowest BCUT2D eigenvalue weighted by Crippen LogP contribution is -2.13. The minimum atomic E-state index is -0.516. The first kappa shape index (κ1) is 25.3. The van der Waals surface area contributed by atoms with Crippen LogP contribution in [0.1, 0.15) is 18.1 Å². The first-order valence-corrected chi connectivity index (χ1v) is 11.9. The molecule has 0 fully saturated rings. The van der Waals surface area contributed by atoms with Crippen LogP contribution in [0.5, 0.6) is 17.2 Å². The zero-order valence-electron chi connectivity index (χ0n) is 18.6. The van der Waals surface area contributed by atoms with Crippen molar-refractivity contribution >= 4 is 49.5 Å². The van der Waals surface area contributed by atoms with E-state index >= 15 is 0 Å². The van der Waals surface area contributed by atoms with E-state index in [0.717, 1.165) is 10.0 Å². The minimum Gasteiger partial charge on any atom is -0.494 e. The summed E-state index contributed by atoms with van der Waals surface area (Å²) in [5.74, 6) is 1.19. The number of nitriles is 1. The van der Waals surface area contributed by atoms with Crippen LogP contribution in [-0.2, 0) is 11.4 Å². The van der Waals surface area contributed by atoms with Crippen molar-refractivity contribution in [3.05, 3.63) is 86.3 Å². The predicted molar refractivity (Wildman–Crippen MR) is 139 cm³/mol. The molecule has 0 aliphatic rings. The highest BCUT2D eigenvalue weighted by atomic mass is 79.9. The van der Waals surface area contributed by atoms with Gasteiger partial charge in [0.2, 0.25) is 0 Å². The lowest BCUT2D eigenvalue weighted by Gasteiger charge is -2.14. The molecule has 3 aromatic rings. The van der Waals surface area contributed by atoms with Crippen molar-refractivity contribution in [2.45, 2.75) is 13.5 Å². The van der Waals surface area contributed by atoms with Crippen molar-refractivity contribution in [3.8, 4) is 23.3 Å². The Hall–Kier alpha value is -3.28. The maximum Gasteiger partial charge on any atom is 0.266 e. The topological polar surface area (TPSA) is 80.6 Å². The summed E-state index contributed by atoms with van der Waals surface area (Å²) in [4.78, 5) is 12.6. The van der Waals surface area contributed by atoms with Crippen molar-refractivity contribution < 1.29 is 19.0 Å². The van der Waals surface area contributed by atoms with Crippen molar-refractivity contribution in [2.24, 2.45) is 0 Å². The third kappa shape index (κ3) is 6.86. The van der Waals surface area contributed by atoms with Gasteiger partial charge in [-0.1, -0.05) is 28.1 Å². The van der Waals surface area contributed by atoms with Gasteiger partial charge in [0.15, 0.2) is 11.5 Å². The third-order valence-electron chi connectivity index (χ3n) is 4.65. The molecule has 0 radical (unpaired) electrons. The van der Waals surface area contributed by atoms with E-state index in [-0.39, 0.29) is 5.57 Å². The molecular weight excluding hydrogens is 564 g/mol. The lowest BCUT2D eigenvalue weighted by molar-refractivity contribution is -0.112. The van der Waals surface area contributed by atoms with Crippen molar-refractivity contribution in [2.75, 3.05) is 19.0 Å². The number of carbonyl (C=O) groups excluding carboxylic acids is 1. The summed E-state index contributed by atoms with van der Waals surface area (Å²) in [5, 5.41) is 12.3. The first-order chi connectivity index (χ1) is 16.4. The molecule has 0 spiro atoms. The quantitative estimate of drug-likeness (QED) is 0.222. The average molecular weight is 586 g/mol. The molecule has 0 aliphatic heterocycles. The fraction of sp³-hybridized carbons (Fsp3) is 0.154. The summed E-state index contributed by atoms with van der Waals surface area (Å²) in [7, 11) is 1.53. The number of halogens is 2. The number of nitrogens with one attached hydrogen (secondary N) is 1. The van der Waals surface area contributed by atoms with E-state index < -0.39 is 5.91 Å². The van der Waals surface area contributed by atoms with Gasteiger partial charge in [0.25, 0.3) is 5.91 Å². The third-order valence-corrected chi connectivity index (χ3v) is 5.77. The van der Waals surface area contributed by atoms with E-state index in [1.54, 1.807) is 36.4 Å². The molecule has 0 aliphatic carbocycles. The van der Waals surface area contributed by atoms with Crippen LogP contribution < -0.4 is 19.5 Å². The highest BCUT2D eigenvalue weighted by Crippen LogP contribution is 2.38. The molecule has 0 saturated heterocycles. The SMILES string of the molecule is CCOc1ccc(NC(=O)/C(C#N)=C\c2cc(Br)c(OCc3ccc(Br)cc3)c(OC)c2)cc1. The fourth-order valence-corrected chi connectivity index (χ4v) is 3.85. The van der Waals surface area contributed by atoms with E-state index in [1.807, 2.05) is 37.3 Å². The molecule has 0 unspecified atom stereocenters. The molecule has 0 heterocycles. The molecule has 1 N–H and O–H groups in total. The molecule has 3 rings (SSSR count). The lowest BCUT2D eigenvalue weighted by atomic mass is 10.1. The van der Waals surface area contributed by atoms with Crippen LogP contribution in [0.15, 0.2) is 75.2 Å². The Bertz CT molecular complexity index is 1220. The Morgan fingerprint density at radius 2 is 1.76 bits per heavy atom. The van der Waals surface area contributed by atoms with Crippen molar-refractivity contribution in [3.63, 3.8) is 0 Å². The summed E-state index contributed by atoms with van der Waals surface area (Å²) in [6.45, 7) is 2.81. The molecular formula is C26H22Br2N2O4. The number of hydrogen-bond donors (Lipinski definition) is 1. The number of benzene rings is 3. The smallest absolute Gasteiger partial charge is 0.266 e. The number of hydrogen-bond acceptors (Lipinski definition) is 5. The summed E-state index contributed by atoms with van der Waals surface area (Å²) in [6.07, 6.45) is 1.50. The summed E-state index contributed by atoms with van der Waals surface area (Å²) in [5.41, 5.74) is 2.12. The normalized spacial score (nSPS) is 10.9. The van der Waals surface area contributed by atoms with Gasteiger partial charge in [-0.3, -0.25) is 4.79 Å². The Morgan fingerprint density at radius 1 is 1.06 bits per heavy atom. The van der Waals surface area contributed by atoms with Gasteiger partial charge >= 0.3 is 0 Å². The van der Waals surface area contributed by atoms with Crippen molar-refractivity contribution in [1.82, 2.24) is 0 Å². The van der Waals surface area contributed by atoms with Crippen LogP contribution in [0.25, 0.3) is 6.08 Å². The number of nitrogens with zero attached hydrogens (tertiary/aromatic N) is 1.